The van der Waals surface area contributed by atoms with E-state index in [1.807, 2.05) is 0 Å². The molecule has 0 fully saturated rings. The highest BCUT2D eigenvalue weighted by Crippen LogP contribution is 2.35. The molecule has 0 atom stereocenters. The number of aryl methyl sites for hydroxylation is 1. The lowest BCUT2D eigenvalue weighted by atomic mass is 10.2. The molecular formula is C18H16BrF4N5O. The van der Waals surface area contributed by atoms with Crippen LogP contribution < -0.4 is 5.32 Å². The summed E-state index contributed by atoms with van der Waals surface area (Å²) in [5, 5.41) is 10.3. The summed E-state index contributed by atoms with van der Waals surface area (Å²) < 4.78 is 54.2. The molecule has 0 unspecified atom stereocenters. The highest BCUT2D eigenvalue weighted by atomic mass is 79.9. The zero-order valence-electron chi connectivity index (χ0n) is 15.2. The van der Waals surface area contributed by atoms with E-state index in [1.165, 1.54) is 25.3 Å². The van der Waals surface area contributed by atoms with Gasteiger partial charge in [0.15, 0.2) is 5.69 Å². The third-order valence-electron chi connectivity index (χ3n) is 4.13. The Balaban J connectivity index is 1.56. The van der Waals surface area contributed by atoms with Crippen molar-refractivity contribution in [2.75, 3.05) is 5.32 Å². The van der Waals surface area contributed by atoms with Gasteiger partial charge in [-0.3, -0.25) is 14.2 Å². The van der Waals surface area contributed by atoms with Crippen LogP contribution in [0.1, 0.15) is 23.4 Å². The third kappa shape index (κ3) is 5.22. The van der Waals surface area contributed by atoms with Gasteiger partial charge in [0, 0.05) is 12.6 Å². The van der Waals surface area contributed by atoms with Crippen molar-refractivity contribution in [3.63, 3.8) is 0 Å². The summed E-state index contributed by atoms with van der Waals surface area (Å²) in [6.45, 7) is 1.89. The van der Waals surface area contributed by atoms with Crippen molar-refractivity contribution in [2.45, 2.75) is 32.6 Å². The molecule has 3 aromatic rings. The van der Waals surface area contributed by atoms with Gasteiger partial charge in [-0.15, -0.1) is 0 Å². The molecule has 1 amide bonds. The lowest BCUT2D eigenvalue weighted by Crippen LogP contribution is -2.16. The number of anilines is 1. The zero-order chi connectivity index (χ0) is 21.2. The van der Waals surface area contributed by atoms with Crippen molar-refractivity contribution >= 4 is 27.5 Å². The maximum Gasteiger partial charge on any atom is 0.436 e. The van der Waals surface area contributed by atoms with Gasteiger partial charge < -0.3 is 5.32 Å². The standard InChI is InChI=1S/C18H16BrF4N5O/c1-11-16(19)17(18(21,22)23)26-28(11)7-6-15(29)25-14-8-24-27(10-14)9-12-2-4-13(20)5-3-12/h2-5,8,10H,6-7,9H2,1H3,(H,25,29). The first-order valence-electron chi connectivity index (χ1n) is 8.50. The van der Waals surface area contributed by atoms with Crippen LogP contribution in [0.4, 0.5) is 23.2 Å². The van der Waals surface area contributed by atoms with Crippen LogP contribution in [0.5, 0.6) is 0 Å². The fourth-order valence-corrected chi connectivity index (χ4v) is 3.15. The molecule has 0 radical (unpaired) electrons. The Labute approximate surface area is 171 Å². The number of carbonyl (C=O) groups is 1. The largest absolute Gasteiger partial charge is 0.436 e. The minimum atomic E-state index is -4.57. The molecule has 1 N–H and O–H groups in total. The van der Waals surface area contributed by atoms with Crippen LogP contribution in [0.3, 0.4) is 0 Å². The summed E-state index contributed by atoms with van der Waals surface area (Å²) in [6.07, 6.45) is -1.57. The van der Waals surface area contributed by atoms with Crippen LogP contribution in [0, 0.1) is 12.7 Å². The molecular weight excluding hydrogens is 458 g/mol. The van der Waals surface area contributed by atoms with E-state index in [0.29, 0.717) is 12.2 Å². The van der Waals surface area contributed by atoms with Crippen molar-refractivity contribution in [3.8, 4) is 0 Å². The number of halogens is 5. The van der Waals surface area contributed by atoms with E-state index in [0.717, 1.165) is 10.2 Å². The summed E-state index contributed by atoms with van der Waals surface area (Å²) in [4.78, 5) is 12.1. The van der Waals surface area contributed by atoms with E-state index < -0.39 is 11.9 Å². The van der Waals surface area contributed by atoms with Crippen LogP contribution in [-0.2, 0) is 24.1 Å². The van der Waals surface area contributed by atoms with Crippen LogP contribution in [-0.4, -0.2) is 25.5 Å². The number of alkyl halides is 3. The molecule has 6 nitrogen and oxygen atoms in total. The molecule has 0 saturated carbocycles. The van der Waals surface area contributed by atoms with Crippen molar-refractivity contribution in [1.82, 2.24) is 19.6 Å². The maximum atomic E-state index is 12.9. The Bertz CT molecular complexity index is 1010. The smallest absolute Gasteiger partial charge is 0.323 e. The Morgan fingerprint density at radius 2 is 1.93 bits per heavy atom. The number of nitrogens with zero attached hydrogens (tertiary/aromatic N) is 4. The average molecular weight is 474 g/mol. The minimum absolute atomic E-state index is 0.00391. The summed E-state index contributed by atoms with van der Waals surface area (Å²) in [5.41, 5.74) is 0.564. The first kappa shape index (κ1) is 21.0. The van der Waals surface area contributed by atoms with E-state index in [9.17, 15) is 22.4 Å². The molecule has 11 heteroatoms. The number of rotatable bonds is 6. The summed E-state index contributed by atoms with van der Waals surface area (Å²) in [7, 11) is 0. The highest BCUT2D eigenvalue weighted by Gasteiger charge is 2.37. The molecule has 0 spiro atoms. The van der Waals surface area contributed by atoms with Crippen LogP contribution in [0.15, 0.2) is 41.1 Å². The highest BCUT2D eigenvalue weighted by molar-refractivity contribution is 9.10. The van der Waals surface area contributed by atoms with Gasteiger partial charge in [-0.25, -0.2) is 4.39 Å². The van der Waals surface area contributed by atoms with Gasteiger partial charge in [-0.2, -0.15) is 23.4 Å². The Morgan fingerprint density at radius 1 is 1.24 bits per heavy atom. The topological polar surface area (TPSA) is 64.7 Å². The number of amides is 1. The first-order chi connectivity index (χ1) is 13.6. The molecule has 29 heavy (non-hydrogen) atoms. The van der Waals surface area contributed by atoms with Crippen LogP contribution in [0.2, 0.25) is 0 Å². The van der Waals surface area contributed by atoms with Crippen molar-refractivity contribution in [3.05, 3.63) is 63.9 Å². The Kier molecular flexibility index (Phi) is 6.06. The lowest BCUT2D eigenvalue weighted by Gasteiger charge is -2.05. The summed E-state index contributed by atoms with van der Waals surface area (Å²) >= 11 is 2.90. The number of hydrogen-bond acceptors (Lipinski definition) is 3. The van der Waals surface area contributed by atoms with Gasteiger partial charge in [0.25, 0.3) is 0 Å². The predicted octanol–water partition coefficient (Wildman–Crippen LogP) is 4.39. The van der Waals surface area contributed by atoms with Crippen molar-refractivity contribution < 1.29 is 22.4 Å². The molecule has 3 rings (SSSR count). The van der Waals surface area contributed by atoms with Crippen LogP contribution >= 0.6 is 15.9 Å². The van der Waals surface area contributed by atoms with E-state index in [1.54, 1.807) is 23.0 Å². The maximum absolute atomic E-state index is 12.9. The predicted molar refractivity (Wildman–Crippen MR) is 101 cm³/mol. The van der Waals surface area contributed by atoms with Gasteiger partial charge in [0.05, 0.1) is 35.1 Å². The van der Waals surface area contributed by atoms with Gasteiger partial charge in [0.2, 0.25) is 5.91 Å². The second kappa shape index (κ2) is 8.36. The molecule has 0 bridgehead atoms. The summed E-state index contributed by atoms with van der Waals surface area (Å²) in [5.74, 6) is -0.713. The number of nitrogens with one attached hydrogen (secondary N) is 1. The monoisotopic (exact) mass is 473 g/mol. The van der Waals surface area contributed by atoms with Gasteiger partial charge in [0.1, 0.15) is 5.82 Å². The molecule has 0 saturated heterocycles. The minimum Gasteiger partial charge on any atom is -0.323 e. The number of benzene rings is 1. The second-order valence-corrected chi connectivity index (χ2v) is 7.11. The van der Waals surface area contributed by atoms with E-state index in [-0.39, 0.29) is 34.9 Å². The molecule has 2 aromatic heterocycles. The summed E-state index contributed by atoms with van der Waals surface area (Å²) in [6, 6.07) is 5.97. The molecule has 1 aromatic carbocycles. The first-order valence-corrected chi connectivity index (χ1v) is 9.29. The van der Waals surface area contributed by atoms with E-state index >= 15 is 0 Å². The Morgan fingerprint density at radius 3 is 2.55 bits per heavy atom. The number of aromatic nitrogens is 4. The Hall–Kier alpha value is -2.69. The normalized spacial score (nSPS) is 11.7. The van der Waals surface area contributed by atoms with Crippen molar-refractivity contribution in [2.24, 2.45) is 0 Å². The lowest BCUT2D eigenvalue weighted by molar-refractivity contribution is -0.142. The van der Waals surface area contributed by atoms with E-state index in [4.69, 9.17) is 0 Å². The third-order valence-corrected chi connectivity index (χ3v) is 5.08. The average Bonchev–Trinajstić information content (AvgIpc) is 3.20. The van der Waals surface area contributed by atoms with Gasteiger partial charge >= 0.3 is 6.18 Å². The number of hydrogen-bond donors (Lipinski definition) is 1. The fraction of sp³-hybridized carbons (Fsp3) is 0.278. The molecule has 0 aliphatic heterocycles. The van der Waals surface area contributed by atoms with Crippen LogP contribution in [0.25, 0.3) is 0 Å². The van der Waals surface area contributed by atoms with Crippen molar-refractivity contribution in [1.29, 1.82) is 0 Å². The van der Waals surface area contributed by atoms with Gasteiger partial charge in [-0.1, -0.05) is 12.1 Å². The SMILES string of the molecule is Cc1c(Br)c(C(F)(F)F)nn1CCC(=O)Nc1cnn(Cc2ccc(F)cc2)c1. The fourth-order valence-electron chi connectivity index (χ4n) is 2.65. The molecule has 0 aliphatic rings. The molecule has 0 aliphatic carbocycles. The number of carbonyl (C=O) groups excluding carboxylic acids is 1. The second-order valence-electron chi connectivity index (χ2n) is 6.32. The zero-order valence-corrected chi connectivity index (χ0v) is 16.8. The molecule has 154 valence electrons. The van der Waals surface area contributed by atoms with E-state index in [2.05, 4.69) is 31.4 Å². The molecule has 2 heterocycles. The van der Waals surface area contributed by atoms with Gasteiger partial charge in [-0.05, 0) is 40.5 Å². The quantitative estimate of drug-likeness (QED) is 0.540.